The predicted molar refractivity (Wildman–Crippen MR) is 290 cm³/mol. The molecule has 76 heavy (non-hydrogen) atoms. The van der Waals surface area contributed by atoms with Gasteiger partial charge in [0, 0.05) is 108 Å². The molecular weight excluding hydrogens is 1010 g/mol. The average molecular weight is 1080 g/mol. The Morgan fingerprint density at radius 1 is 0.908 bits per heavy atom. The summed E-state index contributed by atoms with van der Waals surface area (Å²) in [4.78, 5) is 75.3. The van der Waals surface area contributed by atoms with Gasteiger partial charge in [-0.3, -0.25) is 33.9 Å². The summed E-state index contributed by atoms with van der Waals surface area (Å²) in [5.41, 5.74) is 2.69. The maximum atomic E-state index is 14.1. The Morgan fingerprint density at radius 3 is 2.12 bits per heavy atom. The van der Waals surface area contributed by atoms with E-state index >= 15 is 0 Å². The third kappa shape index (κ3) is 12.6. The number of nitrogens with zero attached hydrogens (tertiary/aromatic N) is 8. The van der Waals surface area contributed by atoms with Crippen molar-refractivity contribution < 1.29 is 39.2 Å². The lowest BCUT2D eigenvalue weighted by Crippen LogP contribution is -2.74. The minimum Gasteiger partial charge on any atom is -0.489 e. The lowest BCUT2D eigenvalue weighted by atomic mass is 9.49. The number of aliphatic hydroxyl groups excluding tert-OH is 2. The molecule has 3 aliphatic heterocycles. The van der Waals surface area contributed by atoms with Gasteiger partial charge < -0.3 is 45.8 Å². The van der Waals surface area contributed by atoms with Crippen LogP contribution >= 0.6 is 22.9 Å². The maximum absolute atomic E-state index is 14.1. The zero-order valence-corrected chi connectivity index (χ0v) is 46.0. The third-order valence-electron chi connectivity index (χ3n) is 15.6. The van der Waals surface area contributed by atoms with Crippen LogP contribution in [0.4, 0.5) is 5.82 Å². The number of aliphatic hydroxyl groups is 3. The number of hydrogen-bond acceptors (Lipinski definition) is 16. The van der Waals surface area contributed by atoms with Gasteiger partial charge in [-0.25, -0.2) is 9.97 Å². The van der Waals surface area contributed by atoms with Gasteiger partial charge in [0.2, 0.25) is 17.7 Å². The molecule has 19 nitrogen and oxygen atoms in total. The van der Waals surface area contributed by atoms with Gasteiger partial charge in [0.05, 0.1) is 63.1 Å². The molecule has 0 spiro atoms. The number of benzene rings is 2. The highest BCUT2D eigenvalue weighted by atomic mass is 35.5. The Balaban J connectivity index is 0.748. The molecule has 408 valence electrons. The normalized spacial score (nSPS) is 22.7. The maximum Gasteiger partial charge on any atom is 0.253 e. The highest BCUT2D eigenvalue weighted by Gasteiger charge is 2.64. The number of aromatic nitrogens is 2. The third-order valence-corrected chi connectivity index (χ3v) is 16.9. The van der Waals surface area contributed by atoms with Crippen LogP contribution in [0.15, 0.2) is 66.3 Å². The number of pyridine rings is 1. The second-order valence-electron chi connectivity index (χ2n) is 22.3. The van der Waals surface area contributed by atoms with E-state index in [9.17, 15) is 39.8 Å². The molecule has 3 saturated heterocycles. The second kappa shape index (κ2) is 23.5. The average Bonchev–Trinajstić information content (AvgIpc) is 4.09. The molecule has 2 aromatic heterocycles. The molecule has 4 fully saturated rings. The number of aryl methyl sites for hydroxylation is 1. The number of halogens is 1. The fourth-order valence-electron chi connectivity index (χ4n) is 11.5. The lowest BCUT2D eigenvalue weighted by Gasteiger charge is -2.63. The van der Waals surface area contributed by atoms with E-state index in [4.69, 9.17) is 16.3 Å². The Bertz CT molecular complexity index is 2730. The van der Waals surface area contributed by atoms with Gasteiger partial charge in [-0.2, -0.15) is 5.26 Å². The van der Waals surface area contributed by atoms with Crippen LogP contribution in [0, 0.1) is 29.1 Å². The SMILES string of the molecule is Cc1ncsc1-c1ccc(C(CO)NC(=O)[C@@H]2C[C@@H](O)CN2C(=O)[C@@H](NC(=O)CN2CCN(CCN3CCN(c4ccc(C(=O)NC5C(C)(C)C(Oc6ccc(C#N)c(Cl)c6)C5(C)C)cn4)CC3)CC2)C(C)(C)O)cc1. The summed E-state index contributed by atoms with van der Waals surface area (Å²) in [5.74, 6) is -0.482. The Labute approximate surface area is 454 Å². The van der Waals surface area contributed by atoms with E-state index in [1.807, 2.05) is 48.2 Å². The molecular formula is C55H72ClN11O8S. The van der Waals surface area contributed by atoms with Crippen LogP contribution in [0.3, 0.4) is 0 Å². The highest BCUT2D eigenvalue weighted by molar-refractivity contribution is 7.13. The molecule has 0 radical (unpaired) electrons. The first-order valence-electron chi connectivity index (χ1n) is 26.0. The molecule has 4 aromatic rings. The smallest absolute Gasteiger partial charge is 0.253 e. The van der Waals surface area contributed by atoms with Crippen LogP contribution in [0.5, 0.6) is 5.75 Å². The van der Waals surface area contributed by atoms with Crippen LogP contribution in [0.1, 0.15) is 81.2 Å². The zero-order valence-electron chi connectivity index (χ0n) is 44.5. The quantitative estimate of drug-likeness (QED) is 0.0837. The van der Waals surface area contributed by atoms with Crippen molar-refractivity contribution in [2.75, 3.05) is 90.0 Å². The Kier molecular flexibility index (Phi) is 17.4. The standard InChI is InChI=1S/C55H72ClN11O8S/c1-34-46(76-33-59-34)36-10-8-35(9-11-36)42(32-68)60-49(72)43-26-39(69)30-67(43)50(73)47(55(6,7)74)61-45(70)31-65-20-18-63(19-21-65)16-17-64-22-24-66(25-23-64)44-15-13-38(29-58-44)48(71)62-51-53(2,3)52(54(51,4)5)75-40-14-12-37(28-57)41(56)27-40/h8-15,27,29,33,39,42-43,47,51-52,68-69,74H,16-26,30-32H2,1-7H3,(H,60,72)(H,61,70)(H,62,71)/t39-,42?,43+,47-,51?,52?/m1/s1. The Morgan fingerprint density at radius 2 is 1.55 bits per heavy atom. The zero-order chi connectivity index (χ0) is 54.7. The molecule has 0 bridgehead atoms. The molecule has 21 heteroatoms. The highest BCUT2D eigenvalue weighted by Crippen LogP contribution is 2.55. The number of likely N-dealkylation sites (tertiary alicyclic amines) is 1. The van der Waals surface area contributed by atoms with Crippen molar-refractivity contribution in [2.24, 2.45) is 10.8 Å². The number of nitrogens with one attached hydrogen (secondary N) is 3. The number of carbonyl (C=O) groups is 4. The minimum absolute atomic E-state index is 0.0204. The summed E-state index contributed by atoms with van der Waals surface area (Å²) < 4.78 is 6.38. The summed E-state index contributed by atoms with van der Waals surface area (Å²) >= 11 is 7.79. The summed E-state index contributed by atoms with van der Waals surface area (Å²) in [6, 6.07) is 14.8. The van der Waals surface area contributed by atoms with Gasteiger partial charge in [0.1, 0.15) is 35.8 Å². The van der Waals surface area contributed by atoms with Crippen molar-refractivity contribution >= 4 is 52.4 Å². The number of β-amino-alcohol motifs (C(OH)–C–C–N with tert-alkyl or cyclic N) is 1. The van der Waals surface area contributed by atoms with Crippen molar-refractivity contribution in [1.29, 1.82) is 5.26 Å². The van der Waals surface area contributed by atoms with Gasteiger partial charge in [0.25, 0.3) is 5.91 Å². The molecule has 4 atom stereocenters. The summed E-state index contributed by atoms with van der Waals surface area (Å²) in [5, 5.41) is 50.6. The number of rotatable bonds is 18. The Hall–Kier alpha value is -5.76. The van der Waals surface area contributed by atoms with Crippen LogP contribution in [0.2, 0.25) is 5.02 Å². The predicted octanol–water partition coefficient (Wildman–Crippen LogP) is 3.46. The first-order chi connectivity index (χ1) is 36.1. The fraction of sp³-hybridized carbons (Fsp3) is 0.545. The fourth-order valence-corrected chi connectivity index (χ4v) is 12.6. The lowest BCUT2D eigenvalue weighted by molar-refractivity contribution is -0.164. The van der Waals surface area contributed by atoms with Gasteiger partial charge in [-0.1, -0.05) is 63.6 Å². The molecule has 2 aromatic carbocycles. The van der Waals surface area contributed by atoms with Crippen molar-refractivity contribution in [3.63, 3.8) is 0 Å². The van der Waals surface area contributed by atoms with Crippen molar-refractivity contribution in [1.82, 2.24) is 45.5 Å². The largest absolute Gasteiger partial charge is 0.489 e. The summed E-state index contributed by atoms with van der Waals surface area (Å²) in [6.45, 7) is 20.4. The van der Waals surface area contributed by atoms with Gasteiger partial charge in [-0.05, 0) is 56.2 Å². The van der Waals surface area contributed by atoms with E-state index in [-0.39, 0.29) is 37.6 Å². The number of amides is 4. The molecule has 1 saturated carbocycles. The molecule has 8 rings (SSSR count). The second-order valence-corrected chi connectivity index (χ2v) is 23.6. The van der Waals surface area contributed by atoms with E-state index in [1.54, 1.807) is 29.9 Å². The van der Waals surface area contributed by atoms with E-state index in [0.29, 0.717) is 40.6 Å². The molecule has 6 N–H and O–H groups in total. The van der Waals surface area contributed by atoms with Gasteiger partial charge in [-0.15, -0.1) is 11.3 Å². The molecule has 4 aliphatic rings. The monoisotopic (exact) mass is 1080 g/mol. The van der Waals surface area contributed by atoms with Gasteiger partial charge in [0.15, 0.2) is 0 Å². The van der Waals surface area contributed by atoms with Crippen molar-refractivity contribution in [2.45, 2.75) is 96.9 Å². The summed E-state index contributed by atoms with van der Waals surface area (Å²) in [7, 11) is 0. The summed E-state index contributed by atoms with van der Waals surface area (Å²) in [6.07, 6.45) is 0.381. The molecule has 1 aliphatic carbocycles. The number of hydrogen-bond donors (Lipinski definition) is 6. The van der Waals surface area contributed by atoms with Crippen molar-refractivity contribution in [3.8, 4) is 22.3 Å². The number of ether oxygens (including phenoxy) is 1. The molecule has 4 amide bonds. The van der Waals surface area contributed by atoms with Crippen LogP contribution in [-0.4, -0.2) is 190 Å². The number of piperazine rings is 2. The van der Waals surface area contributed by atoms with E-state index < -0.39 is 65.0 Å². The minimum atomic E-state index is -1.70. The first kappa shape index (κ1) is 56.4. The molecule has 5 heterocycles. The van der Waals surface area contributed by atoms with Crippen LogP contribution < -0.4 is 25.6 Å². The van der Waals surface area contributed by atoms with E-state index in [2.05, 4.69) is 74.4 Å². The number of carbonyl (C=O) groups excluding carboxylic acids is 4. The van der Waals surface area contributed by atoms with Crippen molar-refractivity contribution in [3.05, 3.63) is 93.7 Å². The topological polar surface area (TPSA) is 240 Å². The van der Waals surface area contributed by atoms with E-state index in [0.717, 1.165) is 74.3 Å². The first-order valence-corrected chi connectivity index (χ1v) is 27.3. The van der Waals surface area contributed by atoms with Crippen LogP contribution in [-0.2, 0) is 14.4 Å². The van der Waals surface area contributed by atoms with Gasteiger partial charge >= 0.3 is 0 Å². The number of anilines is 1. The number of nitriles is 1. The molecule has 1 unspecified atom stereocenters. The van der Waals surface area contributed by atoms with E-state index in [1.165, 1.54) is 30.1 Å². The number of thiazole rings is 1. The van der Waals surface area contributed by atoms with Crippen LogP contribution in [0.25, 0.3) is 10.4 Å².